The summed E-state index contributed by atoms with van der Waals surface area (Å²) in [6, 6.07) is 11.3. The minimum Gasteiger partial charge on any atom is -0.347 e. The van der Waals surface area contributed by atoms with Crippen LogP contribution < -0.4 is 16.6 Å². The minimum atomic E-state index is -0.202. The van der Waals surface area contributed by atoms with Gasteiger partial charge >= 0.3 is 0 Å². The highest BCUT2D eigenvalue weighted by Crippen LogP contribution is 2.07. The number of hydrogen-bond donors (Lipinski definition) is 3. The number of aryl methyl sites for hydroxylation is 1. The van der Waals surface area contributed by atoms with Crippen LogP contribution in [0.5, 0.6) is 0 Å². The van der Waals surface area contributed by atoms with Gasteiger partial charge in [0.2, 0.25) is 0 Å². The molecule has 1 aromatic heterocycles. The van der Waals surface area contributed by atoms with Crippen LogP contribution in [0.3, 0.4) is 0 Å². The van der Waals surface area contributed by atoms with E-state index in [2.05, 4.69) is 15.7 Å². The summed E-state index contributed by atoms with van der Waals surface area (Å²) in [6.07, 6.45) is 1.52. The molecule has 0 aliphatic carbocycles. The highest BCUT2D eigenvalue weighted by Gasteiger charge is 2.07. The molecule has 1 aromatic carbocycles. The maximum absolute atomic E-state index is 11.9. The lowest BCUT2D eigenvalue weighted by molar-refractivity contribution is 0.0946. The molecule has 5 nitrogen and oxygen atoms in total. The molecule has 2 aromatic rings. The number of carbonyl (C=O) groups is 1. The van der Waals surface area contributed by atoms with Gasteiger partial charge in [-0.25, -0.2) is 4.98 Å². The van der Waals surface area contributed by atoms with E-state index in [4.69, 9.17) is 5.84 Å². The van der Waals surface area contributed by atoms with Gasteiger partial charge in [-0.15, -0.1) is 0 Å². The molecule has 0 fully saturated rings. The maximum atomic E-state index is 11.9. The first-order chi connectivity index (χ1) is 9.20. The Balaban J connectivity index is 1.99. The fraction of sp³-hybridized carbons (Fsp3) is 0.143. The van der Waals surface area contributed by atoms with Gasteiger partial charge in [0.1, 0.15) is 5.69 Å². The van der Waals surface area contributed by atoms with E-state index < -0.39 is 0 Å². The standard InChI is InChI=1S/C14H16N4O/c1-10-4-2-3-5-11(10)8-17-14(19)13-7-6-12(18-15)9-16-13/h2-7,9,18H,8,15H2,1H3,(H,17,19). The zero-order valence-electron chi connectivity index (χ0n) is 10.7. The number of rotatable bonds is 4. The third-order valence-corrected chi connectivity index (χ3v) is 2.86. The largest absolute Gasteiger partial charge is 0.347 e. The molecule has 19 heavy (non-hydrogen) atoms. The van der Waals surface area contributed by atoms with Crippen LogP contribution in [0.2, 0.25) is 0 Å². The summed E-state index contributed by atoms with van der Waals surface area (Å²) < 4.78 is 0. The molecule has 0 saturated carbocycles. The van der Waals surface area contributed by atoms with Crippen molar-refractivity contribution in [2.45, 2.75) is 13.5 Å². The number of pyridine rings is 1. The third-order valence-electron chi connectivity index (χ3n) is 2.86. The maximum Gasteiger partial charge on any atom is 0.270 e. The Bertz CT molecular complexity index is 566. The van der Waals surface area contributed by atoms with Crippen molar-refractivity contribution < 1.29 is 4.79 Å². The van der Waals surface area contributed by atoms with Crippen molar-refractivity contribution in [1.29, 1.82) is 0 Å². The number of carbonyl (C=O) groups excluding carboxylic acids is 1. The fourth-order valence-electron chi connectivity index (χ4n) is 1.69. The van der Waals surface area contributed by atoms with E-state index in [1.54, 1.807) is 12.1 Å². The molecule has 0 saturated heterocycles. The van der Waals surface area contributed by atoms with E-state index in [1.807, 2.05) is 31.2 Å². The molecule has 98 valence electrons. The van der Waals surface area contributed by atoms with Crippen LogP contribution in [0.25, 0.3) is 0 Å². The average molecular weight is 256 g/mol. The molecule has 0 unspecified atom stereocenters. The Hall–Kier alpha value is -2.40. The number of amides is 1. The molecule has 5 heteroatoms. The molecule has 4 N–H and O–H groups in total. The Morgan fingerprint density at radius 3 is 2.68 bits per heavy atom. The van der Waals surface area contributed by atoms with Crippen molar-refractivity contribution in [3.8, 4) is 0 Å². The van der Waals surface area contributed by atoms with Crippen molar-refractivity contribution in [2.75, 3.05) is 5.43 Å². The van der Waals surface area contributed by atoms with Gasteiger partial charge in [-0.3, -0.25) is 10.6 Å². The first kappa shape index (κ1) is 13.0. The first-order valence-electron chi connectivity index (χ1n) is 5.96. The van der Waals surface area contributed by atoms with Gasteiger partial charge in [0.15, 0.2) is 0 Å². The summed E-state index contributed by atoms with van der Waals surface area (Å²) in [5.74, 6) is 5.03. The number of aromatic nitrogens is 1. The summed E-state index contributed by atoms with van der Waals surface area (Å²) in [7, 11) is 0. The Kier molecular flexibility index (Phi) is 4.10. The molecule has 2 rings (SSSR count). The fourth-order valence-corrected chi connectivity index (χ4v) is 1.69. The third kappa shape index (κ3) is 3.29. The summed E-state index contributed by atoms with van der Waals surface area (Å²) in [5, 5.41) is 2.84. The van der Waals surface area contributed by atoms with E-state index in [0.717, 1.165) is 11.1 Å². The highest BCUT2D eigenvalue weighted by atomic mass is 16.1. The molecule has 0 bridgehead atoms. The van der Waals surface area contributed by atoms with Crippen molar-refractivity contribution >= 4 is 11.6 Å². The van der Waals surface area contributed by atoms with Crippen LogP contribution in [0.4, 0.5) is 5.69 Å². The number of hydrazine groups is 1. The van der Waals surface area contributed by atoms with Crippen molar-refractivity contribution in [1.82, 2.24) is 10.3 Å². The molecule has 1 amide bonds. The number of hydrogen-bond acceptors (Lipinski definition) is 4. The second-order valence-electron chi connectivity index (χ2n) is 4.19. The number of nitrogens with one attached hydrogen (secondary N) is 2. The van der Waals surface area contributed by atoms with Gasteiger partial charge in [-0.2, -0.15) is 0 Å². The second-order valence-corrected chi connectivity index (χ2v) is 4.19. The molecular formula is C14H16N4O. The molecule has 0 spiro atoms. The summed E-state index contributed by atoms with van der Waals surface area (Å²) in [4.78, 5) is 15.9. The van der Waals surface area contributed by atoms with Gasteiger partial charge < -0.3 is 10.7 Å². The van der Waals surface area contributed by atoms with Crippen LogP contribution in [0.15, 0.2) is 42.6 Å². The lowest BCUT2D eigenvalue weighted by Crippen LogP contribution is -2.24. The zero-order chi connectivity index (χ0) is 13.7. The van der Waals surface area contributed by atoms with Crippen LogP contribution in [-0.4, -0.2) is 10.9 Å². The first-order valence-corrected chi connectivity index (χ1v) is 5.96. The summed E-state index contributed by atoms with van der Waals surface area (Å²) in [6.45, 7) is 2.51. The average Bonchev–Trinajstić information content (AvgIpc) is 2.46. The van der Waals surface area contributed by atoms with Gasteiger partial charge in [0.25, 0.3) is 5.91 Å². The number of nitrogens with two attached hydrogens (primary N) is 1. The molecular weight excluding hydrogens is 240 g/mol. The number of nitrogen functional groups attached to an aromatic ring is 1. The smallest absolute Gasteiger partial charge is 0.270 e. The normalized spacial score (nSPS) is 10.0. The number of nitrogens with zero attached hydrogens (tertiary/aromatic N) is 1. The van der Waals surface area contributed by atoms with Crippen molar-refractivity contribution in [3.05, 3.63) is 59.4 Å². The van der Waals surface area contributed by atoms with Crippen LogP contribution in [0, 0.1) is 6.92 Å². The van der Waals surface area contributed by atoms with Crippen molar-refractivity contribution in [2.24, 2.45) is 5.84 Å². The van der Waals surface area contributed by atoms with E-state index in [1.165, 1.54) is 6.20 Å². The van der Waals surface area contributed by atoms with E-state index in [9.17, 15) is 4.79 Å². The van der Waals surface area contributed by atoms with Crippen LogP contribution in [-0.2, 0) is 6.54 Å². The monoisotopic (exact) mass is 256 g/mol. The Morgan fingerprint density at radius 1 is 1.26 bits per heavy atom. The highest BCUT2D eigenvalue weighted by molar-refractivity contribution is 5.92. The summed E-state index contributed by atoms with van der Waals surface area (Å²) in [5.41, 5.74) is 5.74. The van der Waals surface area contributed by atoms with E-state index >= 15 is 0 Å². The molecule has 1 heterocycles. The number of anilines is 1. The molecule has 0 radical (unpaired) electrons. The Morgan fingerprint density at radius 2 is 2.05 bits per heavy atom. The van der Waals surface area contributed by atoms with Crippen molar-refractivity contribution in [3.63, 3.8) is 0 Å². The SMILES string of the molecule is Cc1ccccc1CNC(=O)c1ccc(NN)cn1. The zero-order valence-corrected chi connectivity index (χ0v) is 10.7. The quantitative estimate of drug-likeness (QED) is 0.573. The number of benzene rings is 1. The van der Waals surface area contributed by atoms with Gasteiger partial charge in [-0.05, 0) is 30.2 Å². The van der Waals surface area contributed by atoms with Gasteiger partial charge in [-0.1, -0.05) is 24.3 Å². The molecule has 0 aliphatic rings. The Labute approximate surface area is 111 Å². The summed E-state index contributed by atoms with van der Waals surface area (Å²) >= 11 is 0. The molecule has 0 atom stereocenters. The van der Waals surface area contributed by atoms with Crippen LogP contribution >= 0.6 is 0 Å². The van der Waals surface area contributed by atoms with E-state index in [0.29, 0.717) is 17.9 Å². The predicted molar refractivity (Wildman–Crippen MR) is 74.4 cm³/mol. The van der Waals surface area contributed by atoms with Gasteiger partial charge in [0, 0.05) is 6.54 Å². The van der Waals surface area contributed by atoms with Crippen LogP contribution in [0.1, 0.15) is 21.6 Å². The lowest BCUT2D eigenvalue weighted by Gasteiger charge is -2.07. The molecule has 0 aliphatic heterocycles. The topological polar surface area (TPSA) is 80.0 Å². The lowest BCUT2D eigenvalue weighted by atomic mass is 10.1. The second kappa shape index (κ2) is 5.97. The minimum absolute atomic E-state index is 0.202. The predicted octanol–water partition coefficient (Wildman–Crippen LogP) is 1.61. The van der Waals surface area contributed by atoms with Gasteiger partial charge in [0.05, 0.1) is 11.9 Å². The van der Waals surface area contributed by atoms with E-state index in [-0.39, 0.29) is 5.91 Å².